The average molecular weight is 272 g/mol. The lowest BCUT2D eigenvalue weighted by molar-refractivity contribution is -0.123. The first-order chi connectivity index (χ1) is 9.34. The highest BCUT2D eigenvalue weighted by molar-refractivity contribution is 5.84. The molecule has 1 amide bonds. The van der Waals surface area contributed by atoms with Crippen LogP contribution in [0.25, 0.3) is 0 Å². The first kappa shape index (κ1) is 14.8. The highest BCUT2D eigenvalue weighted by Crippen LogP contribution is 2.59. The van der Waals surface area contributed by atoms with Crippen molar-refractivity contribution in [3.63, 3.8) is 0 Å². The summed E-state index contributed by atoms with van der Waals surface area (Å²) in [6.07, 6.45) is 5.73. The summed E-state index contributed by atoms with van der Waals surface area (Å²) in [6.45, 7) is 10.5. The van der Waals surface area contributed by atoms with Gasteiger partial charge in [0.2, 0.25) is 5.91 Å². The van der Waals surface area contributed by atoms with E-state index in [1.165, 1.54) is 5.57 Å². The van der Waals surface area contributed by atoms with Crippen LogP contribution < -0.4 is 5.32 Å². The third-order valence-corrected chi connectivity index (χ3v) is 4.27. The fourth-order valence-electron chi connectivity index (χ4n) is 2.89. The fourth-order valence-corrected chi connectivity index (χ4v) is 2.89. The van der Waals surface area contributed by atoms with Crippen molar-refractivity contribution in [2.75, 3.05) is 0 Å². The van der Waals surface area contributed by atoms with E-state index in [0.29, 0.717) is 5.92 Å². The number of nitrogens with zero attached hydrogens (tertiary/aromatic N) is 1. The molecule has 1 N–H and O–H groups in total. The maximum Gasteiger partial charge on any atom is 0.224 e. The summed E-state index contributed by atoms with van der Waals surface area (Å²) in [6, 6.07) is 3.90. The maximum absolute atomic E-state index is 12.4. The summed E-state index contributed by atoms with van der Waals surface area (Å²) >= 11 is 0. The van der Waals surface area contributed by atoms with Gasteiger partial charge in [-0.05, 0) is 49.8 Å². The van der Waals surface area contributed by atoms with E-state index < -0.39 is 0 Å². The number of aromatic nitrogens is 1. The number of pyridine rings is 1. The molecule has 1 aromatic rings. The molecule has 0 spiro atoms. The summed E-state index contributed by atoms with van der Waals surface area (Å²) < 4.78 is 0. The molecule has 1 aliphatic carbocycles. The Bertz CT molecular complexity index is 515. The van der Waals surface area contributed by atoms with Crippen molar-refractivity contribution >= 4 is 5.91 Å². The lowest BCUT2D eigenvalue weighted by Gasteiger charge is -2.14. The molecule has 1 saturated carbocycles. The number of carbonyl (C=O) groups excluding carboxylic acids is 1. The van der Waals surface area contributed by atoms with Crippen molar-refractivity contribution in [3.8, 4) is 0 Å². The molecule has 1 heterocycles. The smallest absolute Gasteiger partial charge is 0.224 e. The van der Waals surface area contributed by atoms with Crippen LogP contribution in [0.2, 0.25) is 0 Å². The molecule has 108 valence electrons. The highest BCUT2D eigenvalue weighted by atomic mass is 16.2. The van der Waals surface area contributed by atoms with Gasteiger partial charge >= 0.3 is 0 Å². The van der Waals surface area contributed by atoms with E-state index in [9.17, 15) is 4.79 Å². The number of allylic oxidation sites excluding steroid dienone is 2. The van der Waals surface area contributed by atoms with Crippen LogP contribution in [0.15, 0.2) is 36.2 Å². The van der Waals surface area contributed by atoms with E-state index >= 15 is 0 Å². The van der Waals surface area contributed by atoms with Crippen molar-refractivity contribution in [1.82, 2.24) is 10.3 Å². The average Bonchev–Trinajstić information content (AvgIpc) is 2.91. The van der Waals surface area contributed by atoms with Crippen molar-refractivity contribution in [1.29, 1.82) is 0 Å². The SMILES string of the molecule is CC(C)=C[C@@H]1[C@@H](C(=O)N[C@H](C)c2ccncc2)C1(C)C. The highest BCUT2D eigenvalue weighted by Gasteiger charge is 2.60. The van der Waals surface area contributed by atoms with Gasteiger partial charge in [-0.2, -0.15) is 0 Å². The summed E-state index contributed by atoms with van der Waals surface area (Å²) in [7, 11) is 0. The number of nitrogens with one attached hydrogen (secondary N) is 1. The lowest BCUT2D eigenvalue weighted by Crippen LogP contribution is -2.29. The third-order valence-electron chi connectivity index (χ3n) is 4.27. The minimum absolute atomic E-state index is 0.0225. The quantitative estimate of drug-likeness (QED) is 0.852. The van der Waals surface area contributed by atoms with Gasteiger partial charge in [-0.25, -0.2) is 0 Å². The summed E-state index contributed by atoms with van der Waals surface area (Å²) in [5.41, 5.74) is 2.44. The van der Waals surface area contributed by atoms with Gasteiger partial charge < -0.3 is 5.32 Å². The summed E-state index contributed by atoms with van der Waals surface area (Å²) in [5, 5.41) is 3.12. The van der Waals surface area contributed by atoms with Gasteiger partial charge in [0, 0.05) is 12.4 Å². The van der Waals surface area contributed by atoms with Crippen LogP contribution in [0.1, 0.15) is 46.2 Å². The van der Waals surface area contributed by atoms with Crippen molar-refractivity contribution < 1.29 is 4.79 Å². The van der Waals surface area contributed by atoms with Gasteiger partial charge in [0.05, 0.1) is 12.0 Å². The van der Waals surface area contributed by atoms with Crippen LogP contribution in [0.3, 0.4) is 0 Å². The first-order valence-electron chi connectivity index (χ1n) is 7.19. The van der Waals surface area contributed by atoms with Gasteiger partial charge in [-0.3, -0.25) is 9.78 Å². The molecule has 1 fully saturated rings. The lowest BCUT2D eigenvalue weighted by atomic mass is 10.1. The molecule has 2 rings (SSSR count). The fraction of sp³-hybridized carbons (Fsp3) is 0.529. The van der Waals surface area contributed by atoms with Gasteiger partial charge in [-0.1, -0.05) is 25.5 Å². The van der Waals surface area contributed by atoms with E-state index in [4.69, 9.17) is 0 Å². The molecule has 3 heteroatoms. The Labute approximate surface area is 121 Å². The third kappa shape index (κ3) is 2.92. The molecule has 0 radical (unpaired) electrons. The Morgan fingerprint density at radius 3 is 2.50 bits per heavy atom. The molecular formula is C17H24N2O. The number of hydrogen-bond donors (Lipinski definition) is 1. The second-order valence-electron chi connectivity index (χ2n) is 6.58. The van der Waals surface area contributed by atoms with Crippen molar-refractivity contribution in [2.24, 2.45) is 17.3 Å². The number of rotatable bonds is 4. The topological polar surface area (TPSA) is 42.0 Å². The van der Waals surface area contributed by atoms with Crippen LogP contribution in [0.4, 0.5) is 0 Å². The molecule has 20 heavy (non-hydrogen) atoms. The minimum Gasteiger partial charge on any atom is -0.349 e. The van der Waals surface area contributed by atoms with E-state index in [1.54, 1.807) is 12.4 Å². The zero-order valence-electron chi connectivity index (χ0n) is 13.0. The summed E-state index contributed by atoms with van der Waals surface area (Å²) in [4.78, 5) is 16.4. The maximum atomic E-state index is 12.4. The van der Waals surface area contributed by atoms with Gasteiger partial charge in [0.25, 0.3) is 0 Å². The Kier molecular flexibility index (Phi) is 3.98. The second kappa shape index (κ2) is 5.39. The molecule has 3 nitrogen and oxygen atoms in total. The molecule has 0 aromatic carbocycles. The van der Waals surface area contributed by atoms with E-state index in [2.05, 4.69) is 44.1 Å². The van der Waals surface area contributed by atoms with Crippen LogP contribution in [0, 0.1) is 17.3 Å². The standard InChI is InChI=1S/C17H24N2O/c1-11(2)10-14-15(17(14,4)5)16(20)19-12(3)13-6-8-18-9-7-13/h6-10,12,14-15H,1-5H3,(H,19,20)/t12-,14-,15+/m1/s1. The second-order valence-corrected chi connectivity index (χ2v) is 6.58. The van der Waals surface area contributed by atoms with Crippen molar-refractivity contribution in [2.45, 2.75) is 40.7 Å². The van der Waals surface area contributed by atoms with Gasteiger partial charge in [-0.15, -0.1) is 0 Å². The van der Waals surface area contributed by atoms with E-state index in [1.807, 2.05) is 19.1 Å². The number of amides is 1. The largest absolute Gasteiger partial charge is 0.349 e. The van der Waals surface area contributed by atoms with E-state index in [-0.39, 0.29) is 23.3 Å². The predicted octanol–water partition coefficient (Wildman–Crippen LogP) is 3.50. The minimum atomic E-state index is 0.0225. The van der Waals surface area contributed by atoms with Gasteiger partial charge in [0.15, 0.2) is 0 Å². The Hall–Kier alpha value is -1.64. The zero-order valence-corrected chi connectivity index (χ0v) is 13.0. The molecule has 0 saturated heterocycles. The van der Waals surface area contributed by atoms with E-state index in [0.717, 1.165) is 5.56 Å². The molecular weight excluding hydrogens is 248 g/mol. The normalized spacial score (nSPS) is 24.6. The molecule has 1 aliphatic rings. The van der Waals surface area contributed by atoms with Crippen LogP contribution >= 0.6 is 0 Å². The molecule has 3 atom stereocenters. The molecule has 0 unspecified atom stereocenters. The Morgan fingerprint density at radius 1 is 1.35 bits per heavy atom. The first-order valence-corrected chi connectivity index (χ1v) is 7.19. The Morgan fingerprint density at radius 2 is 1.95 bits per heavy atom. The molecule has 1 aromatic heterocycles. The Balaban J connectivity index is 2.02. The summed E-state index contributed by atoms with van der Waals surface area (Å²) in [5.74, 6) is 0.598. The monoisotopic (exact) mass is 272 g/mol. The van der Waals surface area contributed by atoms with Crippen molar-refractivity contribution in [3.05, 3.63) is 41.7 Å². The van der Waals surface area contributed by atoms with Gasteiger partial charge in [0.1, 0.15) is 0 Å². The predicted molar refractivity (Wildman–Crippen MR) is 81.0 cm³/mol. The van der Waals surface area contributed by atoms with Crippen LogP contribution in [-0.4, -0.2) is 10.9 Å². The molecule has 0 bridgehead atoms. The number of hydrogen-bond acceptors (Lipinski definition) is 2. The van der Waals surface area contributed by atoms with Crippen LogP contribution in [-0.2, 0) is 4.79 Å². The van der Waals surface area contributed by atoms with Crippen LogP contribution in [0.5, 0.6) is 0 Å². The zero-order chi connectivity index (χ0) is 14.9. The number of carbonyl (C=O) groups is 1. The molecule has 0 aliphatic heterocycles.